The Labute approximate surface area is 262 Å². The minimum absolute atomic E-state index is 0.0263. The third kappa shape index (κ3) is 6.27. The standard InChI is InChI=1S/C35H32F2N2O7/c1-4-45-29(42)17-27(25-16-23(14-20(3)31(25)37)30-19(2)6-5-7-28(30)41)38-34(43)32(24-15-21(18-40)8-9-26(24)36)39-12-10-22-11-13-46-33(22)35(39)44/h5-16,27,32,40-41H,4,17-18H2,1-3H3,(H,38,43)/t27-,32?/m0/s1. The molecule has 2 atom stereocenters. The summed E-state index contributed by atoms with van der Waals surface area (Å²) in [7, 11) is 0. The fraction of sp³-hybridized carbons (Fsp3) is 0.229. The van der Waals surface area contributed by atoms with Crippen molar-refractivity contribution >= 4 is 22.8 Å². The van der Waals surface area contributed by atoms with E-state index in [1.165, 1.54) is 49.7 Å². The van der Waals surface area contributed by atoms with Gasteiger partial charge in [0, 0.05) is 28.3 Å². The average Bonchev–Trinajstić information content (AvgIpc) is 3.50. The van der Waals surface area contributed by atoms with Gasteiger partial charge in [-0.3, -0.25) is 19.0 Å². The van der Waals surface area contributed by atoms with Gasteiger partial charge in [0.1, 0.15) is 23.4 Å². The van der Waals surface area contributed by atoms with Gasteiger partial charge in [0.2, 0.25) is 5.91 Å². The zero-order valence-corrected chi connectivity index (χ0v) is 25.3. The SMILES string of the molecule is CCOC(=O)C[C@H](NC(=O)C(c1cc(CO)ccc1F)n1ccc2ccoc2c1=O)c1cc(-c2c(C)cccc2O)cc(C)c1F. The lowest BCUT2D eigenvalue weighted by molar-refractivity contribution is -0.143. The second kappa shape index (κ2) is 13.4. The predicted molar refractivity (Wildman–Crippen MR) is 166 cm³/mol. The molecule has 0 bridgehead atoms. The summed E-state index contributed by atoms with van der Waals surface area (Å²) in [4.78, 5) is 40.6. The molecule has 0 radical (unpaired) electrons. The highest BCUT2D eigenvalue weighted by atomic mass is 19.1. The minimum Gasteiger partial charge on any atom is -0.507 e. The second-order valence-electron chi connectivity index (χ2n) is 10.9. The maximum Gasteiger partial charge on any atom is 0.308 e. The van der Waals surface area contributed by atoms with Crippen molar-refractivity contribution in [1.82, 2.24) is 9.88 Å². The molecule has 1 unspecified atom stereocenters. The number of amides is 1. The summed E-state index contributed by atoms with van der Waals surface area (Å²) < 4.78 is 42.8. The number of benzene rings is 3. The molecule has 0 aliphatic carbocycles. The summed E-state index contributed by atoms with van der Waals surface area (Å²) in [6.07, 6.45) is 2.11. The Morgan fingerprint density at radius 3 is 2.52 bits per heavy atom. The summed E-state index contributed by atoms with van der Waals surface area (Å²) in [5.41, 5.74) is 0.880. The Kier molecular flexibility index (Phi) is 9.33. The Morgan fingerprint density at radius 1 is 1.02 bits per heavy atom. The largest absolute Gasteiger partial charge is 0.507 e. The van der Waals surface area contributed by atoms with Crippen LogP contribution in [0, 0.1) is 25.5 Å². The quantitative estimate of drug-likeness (QED) is 0.167. The van der Waals surface area contributed by atoms with Gasteiger partial charge in [-0.2, -0.15) is 0 Å². The number of carbonyl (C=O) groups is 2. The number of aryl methyl sites for hydroxylation is 2. The van der Waals surface area contributed by atoms with Crippen molar-refractivity contribution in [3.8, 4) is 16.9 Å². The number of phenolic OH excluding ortho intramolecular Hbond substituents is 1. The number of phenols is 1. The molecule has 0 spiro atoms. The monoisotopic (exact) mass is 630 g/mol. The number of carbonyl (C=O) groups excluding carboxylic acids is 2. The first-order valence-electron chi connectivity index (χ1n) is 14.6. The molecule has 0 saturated heterocycles. The van der Waals surface area contributed by atoms with Gasteiger partial charge in [-0.1, -0.05) is 18.2 Å². The topological polar surface area (TPSA) is 131 Å². The molecule has 0 aliphatic rings. The third-order valence-corrected chi connectivity index (χ3v) is 7.79. The number of ether oxygens (including phenoxy) is 1. The molecule has 46 heavy (non-hydrogen) atoms. The van der Waals surface area contributed by atoms with E-state index in [1.54, 1.807) is 38.1 Å². The molecule has 2 aromatic heterocycles. The number of hydrogen-bond acceptors (Lipinski definition) is 7. The number of halogens is 2. The third-order valence-electron chi connectivity index (χ3n) is 7.79. The van der Waals surface area contributed by atoms with Crippen LogP contribution >= 0.6 is 0 Å². The summed E-state index contributed by atoms with van der Waals surface area (Å²) in [5.74, 6) is -3.30. The normalized spacial score (nSPS) is 12.6. The number of pyridine rings is 1. The zero-order valence-electron chi connectivity index (χ0n) is 25.3. The van der Waals surface area contributed by atoms with Crippen LogP contribution in [0.4, 0.5) is 8.78 Å². The van der Waals surface area contributed by atoms with Crippen molar-refractivity contribution in [3.05, 3.63) is 123 Å². The summed E-state index contributed by atoms with van der Waals surface area (Å²) in [6, 6.07) is 11.6. The van der Waals surface area contributed by atoms with Crippen LogP contribution in [-0.4, -0.2) is 33.3 Å². The van der Waals surface area contributed by atoms with Crippen molar-refractivity contribution in [2.75, 3.05) is 6.61 Å². The molecule has 1 amide bonds. The van der Waals surface area contributed by atoms with Gasteiger partial charge in [-0.25, -0.2) is 8.78 Å². The first-order chi connectivity index (χ1) is 22.0. The number of aromatic hydroxyl groups is 1. The van der Waals surface area contributed by atoms with Gasteiger partial charge in [-0.15, -0.1) is 0 Å². The van der Waals surface area contributed by atoms with Crippen LogP contribution in [0.5, 0.6) is 5.75 Å². The zero-order chi connectivity index (χ0) is 33.1. The summed E-state index contributed by atoms with van der Waals surface area (Å²) >= 11 is 0. The molecule has 3 N–H and O–H groups in total. The van der Waals surface area contributed by atoms with Crippen molar-refractivity contribution in [1.29, 1.82) is 0 Å². The first kappa shape index (κ1) is 32.1. The minimum atomic E-state index is -1.66. The Morgan fingerprint density at radius 2 is 1.80 bits per heavy atom. The first-order valence-corrected chi connectivity index (χ1v) is 14.6. The number of aromatic nitrogens is 1. The van der Waals surface area contributed by atoms with Crippen molar-refractivity contribution in [3.63, 3.8) is 0 Å². The number of esters is 1. The van der Waals surface area contributed by atoms with Crippen LogP contribution in [-0.2, 0) is 20.9 Å². The van der Waals surface area contributed by atoms with Crippen LogP contribution in [0.1, 0.15) is 53.2 Å². The lowest BCUT2D eigenvalue weighted by Crippen LogP contribution is -2.40. The average molecular weight is 631 g/mol. The van der Waals surface area contributed by atoms with E-state index in [1.807, 2.05) is 0 Å². The highest BCUT2D eigenvalue weighted by molar-refractivity contribution is 5.86. The van der Waals surface area contributed by atoms with Crippen LogP contribution in [0.25, 0.3) is 22.1 Å². The molecule has 11 heteroatoms. The van der Waals surface area contributed by atoms with Crippen molar-refractivity contribution < 1.29 is 37.7 Å². The molecule has 5 aromatic rings. The van der Waals surface area contributed by atoms with Crippen LogP contribution in [0.15, 0.2) is 82.3 Å². The van der Waals surface area contributed by atoms with Crippen LogP contribution in [0.3, 0.4) is 0 Å². The molecular weight excluding hydrogens is 598 g/mol. The predicted octanol–water partition coefficient (Wildman–Crippen LogP) is 5.75. The number of hydrogen-bond donors (Lipinski definition) is 3. The number of aliphatic hydroxyl groups excluding tert-OH is 1. The summed E-state index contributed by atoms with van der Waals surface area (Å²) in [5, 5.41) is 23.5. The fourth-order valence-corrected chi connectivity index (χ4v) is 5.59. The number of nitrogens with zero attached hydrogens (tertiary/aromatic N) is 1. The number of furan rings is 1. The lowest BCUT2D eigenvalue weighted by Gasteiger charge is -2.26. The molecule has 0 fully saturated rings. The van der Waals surface area contributed by atoms with Gasteiger partial charge in [0.25, 0.3) is 5.56 Å². The second-order valence-corrected chi connectivity index (χ2v) is 10.9. The van der Waals surface area contributed by atoms with E-state index in [0.717, 1.165) is 10.6 Å². The lowest BCUT2D eigenvalue weighted by atomic mass is 9.92. The smallest absolute Gasteiger partial charge is 0.308 e. The van der Waals surface area contributed by atoms with E-state index in [4.69, 9.17) is 9.15 Å². The molecule has 2 heterocycles. The highest BCUT2D eigenvalue weighted by Gasteiger charge is 2.32. The fourth-order valence-electron chi connectivity index (χ4n) is 5.59. The van der Waals surface area contributed by atoms with E-state index in [0.29, 0.717) is 22.1 Å². The van der Waals surface area contributed by atoms with E-state index in [9.17, 15) is 24.6 Å². The molecule has 0 saturated carbocycles. The van der Waals surface area contributed by atoms with Crippen LogP contribution < -0.4 is 10.9 Å². The van der Waals surface area contributed by atoms with Gasteiger partial charge in [0.15, 0.2) is 5.58 Å². The van der Waals surface area contributed by atoms with E-state index in [2.05, 4.69) is 5.32 Å². The maximum atomic E-state index is 15.9. The number of nitrogens with one attached hydrogen (secondary N) is 1. The molecular formula is C35H32F2N2O7. The summed E-state index contributed by atoms with van der Waals surface area (Å²) in [6.45, 7) is 4.44. The maximum absolute atomic E-state index is 15.9. The van der Waals surface area contributed by atoms with Gasteiger partial charge >= 0.3 is 5.97 Å². The van der Waals surface area contributed by atoms with Crippen molar-refractivity contribution in [2.24, 2.45) is 0 Å². The van der Waals surface area contributed by atoms with E-state index >= 15 is 8.78 Å². The van der Waals surface area contributed by atoms with Gasteiger partial charge in [-0.05, 0) is 85.5 Å². The number of rotatable bonds is 10. The molecule has 5 rings (SSSR count). The van der Waals surface area contributed by atoms with E-state index in [-0.39, 0.29) is 40.2 Å². The molecule has 0 aliphatic heterocycles. The molecule has 238 valence electrons. The number of fused-ring (bicyclic) bond motifs is 1. The molecule has 3 aromatic carbocycles. The van der Waals surface area contributed by atoms with Gasteiger partial charge in [0.05, 0.1) is 31.9 Å². The van der Waals surface area contributed by atoms with Gasteiger partial charge < -0.3 is 24.7 Å². The van der Waals surface area contributed by atoms with Crippen molar-refractivity contribution in [2.45, 2.75) is 45.9 Å². The van der Waals surface area contributed by atoms with E-state index < -0.39 is 54.2 Å². The Hall–Kier alpha value is -5.29. The Balaban J connectivity index is 1.67. The highest BCUT2D eigenvalue weighted by Crippen LogP contribution is 2.36. The Bertz CT molecular complexity index is 1980. The van der Waals surface area contributed by atoms with Crippen LogP contribution in [0.2, 0.25) is 0 Å². The molecule has 9 nitrogen and oxygen atoms in total. The number of aliphatic hydroxyl groups is 1.